The van der Waals surface area contributed by atoms with Gasteiger partial charge in [0.15, 0.2) is 5.52 Å². The smallest absolute Gasteiger partial charge is 0.277 e. The second kappa shape index (κ2) is 10.8. The van der Waals surface area contributed by atoms with Crippen LogP contribution in [0.5, 0.6) is 5.75 Å². The average molecular weight is 545 g/mol. The van der Waals surface area contributed by atoms with E-state index in [0.717, 1.165) is 38.2 Å². The molecule has 2 aromatic heterocycles. The molecule has 2 aliphatic heterocycles. The number of rotatable bonds is 11. The van der Waals surface area contributed by atoms with Crippen LogP contribution >= 0.6 is 0 Å². The standard InChI is InChI=1S/C26H36N6O5S/c1-4-6-21-23-24(30(3)29-21)26(34)28-25(27-23)20-11-19(7-8-22(20)37-5-2)38(35,36)32-15-18(16-32)14-31-12-17(13-31)9-10-33/h7-8,11,17-18,33H,4-6,9-10,12-16H2,1-3H3,(H,27,28,34). The number of benzene rings is 1. The Morgan fingerprint density at radius 1 is 1.16 bits per heavy atom. The van der Waals surface area contributed by atoms with E-state index >= 15 is 0 Å². The first kappa shape index (κ1) is 26.8. The minimum absolute atomic E-state index is 0.143. The van der Waals surface area contributed by atoms with Gasteiger partial charge < -0.3 is 19.7 Å². The van der Waals surface area contributed by atoms with E-state index in [4.69, 9.17) is 14.8 Å². The van der Waals surface area contributed by atoms with Crippen molar-refractivity contribution in [2.75, 3.05) is 45.9 Å². The summed E-state index contributed by atoms with van der Waals surface area (Å²) in [7, 11) is -2.00. The number of likely N-dealkylation sites (tertiary alicyclic amines) is 1. The van der Waals surface area contributed by atoms with Crippen molar-refractivity contribution in [2.24, 2.45) is 18.9 Å². The van der Waals surface area contributed by atoms with Crippen molar-refractivity contribution >= 4 is 21.1 Å². The molecule has 4 heterocycles. The van der Waals surface area contributed by atoms with Gasteiger partial charge in [-0.2, -0.15) is 9.40 Å². The maximum absolute atomic E-state index is 13.5. The summed E-state index contributed by atoms with van der Waals surface area (Å²) in [5.74, 6) is 1.55. The van der Waals surface area contributed by atoms with Crippen molar-refractivity contribution in [1.82, 2.24) is 29.0 Å². The molecular formula is C26H36N6O5S. The molecule has 2 N–H and O–H groups in total. The number of aliphatic hydroxyl groups excluding tert-OH is 1. The van der Waals surface area contributed by atoms with E-state index < -0.39 is 10.0 Å². The molecule has 206 valence electrons. The monoisotopic (exact) mass is 544 g/mol. The van der Waals surface area contributed by atoms with Gasteiger partial charge in [0.1, 0.15) is 17.1 Å². The number of aromatic amines is 1. The quantitative estimate of drug-likeness (QED) is 0.372. The molecule has 38 heavy (non-hydrogen) atoms. The highest BCUT2D eigenvalue weighted by molar-refractivity contribution is 7.89. The number of fused-ring (bicyclic) bond motifs is 1. The Balaban J connectivity index is 1.40. The molecule has 12 heteroatoms. The van der Waals surface area contributed by atoms with E-state index in [2.05, 4.69) is 15.0 Å². The summed E-state index contributed by atoms with van der Waals surface area (Å²) in [6, 6.07) is 4.72. The van der Waals surface area contributed by atoms with E-state index in [1.165, 1.54) is 8.99 Å². The average Bonchev–Trinajstić information content (AvgIpc) is 3.15. The lowest BCUT2D eigenvalue weighted by Gasteiger charge is -2.45. The van der Waals surface area contributed by atoms with Crippen LogP contribution in [0.15, 0.2) is 27.9 Å². The van der Waals surface area contributed by atoms with Crippen molar-refractivity contribution in [1.29, 1.82) is 0 Å². The number of sulfonamides is 1. The van der Waals surface area contributed by atoms with Gasteiger partial charge in [0.05, 0.1) is 22.8 Å². The summed E-state index contributed by atoms with van der Waals surface area (Å²) >= 11 is 0. The molecule has 0 radical (unpaired) electrons. The van der Waals surface area contributed by atoms with E-state index in [1.54, 1.807) is 25.2 Å². The van der Waals surface area contributed by atoms with E-state index in [9.17, 15) is 13.2 Å². The number of nitrogens with zero attached hydrogens (tertiary/aromatic N) is 5. The number of aryl methyl sites for hydroxylation is 2. The Bertz CT molecular complexity index is 1470. The molecule has 0 amide bonds. The lowest BCUT2D eigenvalue weighted by molar-refractivity contribution is 0.0391. The molecule has 2 saturated heterocycles. The first-order valence-electron chi connectivity index (χ1n) is 13.3. The third kappa shape index (κ3) is 4.97. The van der Waals surface area contributed by atoms with Gasteiger partial charge in [-0.15, -0.1) is 0 Å². The molecule has 0 spiro atoms. The van der Waals surface area contributed by atoms with Gasteiger partial charge >= 0.3 is 0 Å². The Morgan fingerprint density at radius 3 is 2.61 bits per heavy atom. The Kier molecular flexibility index (Phi) is 7.58. The van der Waals surface area contributed by atoms with E-state index in [1.807, 2.05) is 13.8 Å². The van der Waals surface area contributed by atoms with Crippen LogP contribution in [-0.4, -0.2) is 88.4 Å². The molecule has 5 rings (SSSR count). The normalized spacial score (nSPS) is 17.6. The van der Waals surface area contributed by atoms with Crippen LogP contribution in [0.3, 0.4) is 0 Å². The zero-order valence-electron chi connectivity index (χ0n) is 22.2. The molecule has 0 bridgehead atoms. The van der Waals surface area contributed by atoms with Crippen molar-refractivity contribution in [3.8, 4) is 17.1 Å². The van der Waals surface area contributed by atoms with Crippen LogP contribution in [0.4, 0.5) is 0 Å². The number of nitrogens with one attached hydrogen (secondary N) is 1. The van der Waals surface area contributed by atoms with Crippen LogP contribution in [0.2, 0.25) is 0 Å². The predicted octanol–water partition coefficient (Wildman–Crippen LogP) is 1.61. The minimum atomic E-state index is -3.72. The fourth-order valence-corrected chi connectivity index (χ4v) is 7.07. The first-order valence-corrected chi connectivity index (χ1v) is 14.8. The highest BCUT2D eigenvalue weighted by Crippen LogP contribution is 2.34. The lowest BCUT2D eigenvalue weighted by atomic mass is 9.93. The third-order valence-corrected chi connectivity index (χ3v) is 9.23. The van der Waals surface area contributed by atoms with Gasteiger partial charge in [0, 0.05) is 46.4 Å². The van der Waals surface area contributed by atoms with Crippen LogP contribution in [0, 0.1) is 11.8 Å². The van der Waals surface area contributed by atoms with Gasteiger partial charge in [-0.25, -0.2) is 13.4 Å². The maximum atomic E-state index is 13.5. The molecule has 2 aliphatic rings. The Labute approximate surface area is 222 Å². The predicted molar refractivity (Wildman–Crippen MR) is 144 cm³/mol. The number of ether oxygens (including phenoxy) is 1. The summed E-state index contributed by atoms with van der Waals surface area (Å²) in [4.78, 5) is 23.0. The highest BCUT2D eigenvalue weighted by Gasteiger charge is 2.39. The molecule has 0 unspecified atom stereocenters. The van der Waals surface area contributed by atoms with Crippen LogP contribution in [-0.2, 0) is 23.5 Å². The molecule has 0 saturated carbocycles. The Morgan fingerprint density at radius 2 is 1.92 bits per heavy atom. The minimum Gasteiger partial charge on any atom is -0.493 e. The van der Waals surface area contributed by atoms with Crippen LogP contribution in [0.1, 0.15) is 32.4 Å². The van der Waals surface area contributed by atoms with Crippen LogP contribution < -0.4 is 10.3 Å². The summed E-state index contributed by atoms with van der Waals surface area (Å²) in [6.07, 6.45) is 2.36. The number of H-pyrrole nitrogens is 1. The fourth-order valence-electron chi connectivity index (χ4n) is 5.46. The van der Waals surface area contributed by atoms with Crippen molar-refractivity contribution in [3.63, 3.8) is 0 Å². The molecule has 1 aromatic carbocycles. The zero-order chi connectivity index (χ0) is 27.0. The second-order valence-electron chi connectivity index (χ2n) is 10.3. The van der Waals surface area contributed by atoms with Crippen LogP contribution in [0.25, 0.3) is 22.4 Å². The maximum Gasteiger partial charge on any atom is 0.277 e. The number of hydrogen-bond acceptors (Lipinski definition) is 8. The molecule has 2 fully saturated rings. The summed E-state index contributed by atoms with van der Waals surface area (Å²) in [6.45, 7) is 8.25. The summed E-state index contributed by atoms with van der Waals surface area (Å²) in [5.41, 5.74) is 1.72. The van der Waals surface area contributed by atoms with E-state index in [0.29, 0.717) is 60.3 Å². The lowest BCUT2D eigenvalue weighted by Crippen LogP contribution is -2.57. The zero-order valence-corrected chi connectivity index (χ0v) is 23.0. The van der Waals surface area contributed by atoms with Gasteiger partial charge in [-0.05, 0) is 49.8 Å². The SMILES string of the molecule is CCCc1nn(C)c2c(=O)[nH]c(-c3cc(S(=O)(=O)N4CC(CN5CC(CCO)C5)C4)ccc3OCC)nc12. The van der Waals surface area contributed by atoms with Crippen molar-refractivity contribution in [3.05, 3.63) is 34.2 Å². The number of aromatic nitrogens is 4. The topological polar surface area (TPSA) is 134 Å². The summed E-state index contributed by atoms with van der Waals surface area (Å²) < 4.78 is 35.8. The summed E-state index contributed by atoms with van der Waals surface area (Å²) in [5, 5.41) is 13.5. The van der Waals surface area contributed by atoms with Gasteiger partial charge in [0.2, 0.25) is 10.0 Å². The third-order valence-electron chi connectivity index (χ3n) is 7.40. The van der Waals surface area contributed by atoms with Gasteiger partial charge in [-0.1, -0.05) is 13.3 Å². The van der Waals surface area contributed by atoms with Crippen molar-refractivity contribution in [2.45, 2.75) is 38.0 Å². The molecule has 0 atom stereocenters. The first-order chi connectivity index (χ1) is 18.2. The fraction of sp³-hybridized carbons (Fsp3) is 0.577. The second-order valence-corrected chi connectivity index (χ2v) is 12.2. The molecular weight excluding hydrogens is 508 g/mol. The largest absolute Gasteiger partial charge is 0.493 e. The number of aliphatic hydroxyl groups is 1. The molecule has 0 aliphatic carbocycles. The van der Waals surface area contributed by atoms with Gasteiger partial charge in [-0.3, -0.25) is 9.48 Å². The highest BCUT2D eigenvalue weighted by atomic mass is 32.2. The van der Waals surface area contributed by atoms with Gasteiger partial charge in [0.25, 0.3) is 5.56 Å². The molecule has 3 aromatic rings. The molecule has 11 nitrogen and oxygen atoms in total. The van der Waals surface area contributed by atoms with E-state index in [-0.39, 0.29) is 22.9 Å². The van der Waals surface area contributed by atoms with Crippen molar-refractivity contribution < 1.29 is 18.3 Å². The Hall–Kier alpha value is -2.80. The number of hydrogen-bond donors (Lipinski definition) is 2.